The van der Waals surface area contributed by atoms with Gasteiger partial charge in [-0.1, -0.05) is 30.3 Å². The van der Waals surface area contributed by atoms with Crippen LogP contribution in [0.3, 0.4) is 0 Å². The van der Waals surface area contributed by atoms with Crippen molar-refractivity contribution in [1.82, 2.24) is 15.0 Å². The second-order valence-corrected chi connectivity index (χ2v) is 5.02. The number of imidazole rings is 1. The van der Waals surface area contributed by atoms with E-state index in [-0.39, 0.29) is 0 Å². The molecule has 22 heavy (non-hydrogen) atoms. The number of hydrogen-bond acceptors (Lipinski definition) is 3. The Labute approximate surface area is 127 Å². The molecule has 0 aliphatic rings. The smallest absolute Gasteiger partial charge is 0.138 e. The predicted molar refractivity (Wildman–Crippen MR) is 89.0 cm³/mol. The minimum atomic E-state index is 0.796. The standard InChI is InChI=1S/C18H14N4/c1-2-6-14(7-3-1)20-17-12-13(10-11-19-17)18-21-15-8-4-5-9-16(15)22-18/h1-12H,(H,19,20)(H,21,22). The van der Waals surface area contributed by atoms with Gasteiger partial charge in [-0.05, 0) is 36.4 Å². The first-order chi connectivity index (χ1) is 10.9. The lowest BCUT2D eigenvalue weighted by molar-refractivity contribution is 1.27. The molecule has 4 nitrogen and oxygen atoms in total. The topological polar surface area (TPSA) is 53.6 Å². The first-order valence-corrected chi connectivity index (χ1v) is 7.12. The Morgan fingerprint density at radius 3 is 2.55 bits per heavy atom. The summed E-state index contributed by atoms with van der Waals surface area (Å²) in [5, 5.41) is 3.30. The largest absolute Gasteiger partial charge is 0.340 e. The predicted octanol–water partition coefficient (Wildman–Crippen LogP) is 4.37. The minimum Gasteiger partial charge on any atom is -0.340 e. The van der Waals surface area contributed by atoms with Crippen LogP contribution in [0.5, 0.6) is 0 Å². The summed E-state index contributed by atoms with van der Waals surface area (Å²) < 4.78 is 0. The minimum absolute atomic E-state index is 0.796. The Hall–Kier alpha value is -3.14. The summed E-state index contributed by atoms with van der Waals surface area (Å²) in [6.45, 7) is 0. The normalized spacial score (nSPS) is 10.7. The lowest BCUT2D eigenvalue weighted by atomic mass is 10.2. The number of aromatic amines is 1. The van der Waals surface area contributed by atoms with E-state index in [0.29, 0.717) is 0 Å². The van der Waals surface area contributed by atoms with Gasteiger partial charge < -0.3 is 10.3 Å². The third-order valence-corrected chi connectivity index (χ3v) is 3.47. The van der Waals surface area contributed by atoms with E-state index in [1.54, 1.807) is 6.20 Å². The van der Waals surface area contributed by atoms with E-state index in [4.69, 9.17) is 0 Å². The Bertz CT molecular complexity index is 879. The van der Waals surface area contributed by atoms with Crippen LogP contribution in [0.25, 0.3) is 22.4 Å². The van der Waals surface area contributed by atoms with Gasteiger partial charge in [-0.3, -0.25) is 0 Å². The molecule has 0 saturated heterocycles. The molecule has 0 spiro atoms. The highest BCUT2D eigenvalue weighted by Crippen LogP contribution is 2.23. The number of para-hydroxylation sites is 3. The van der Waals surface area contributed by atoms with Crippen molar-refractivity contribution in [2.75, 3.05) is 5.32 Å². The molecular weight excluding hydrogens is 272 g/mol. The number of pyridine rings is 1. The zero-order valence-electron chi connectivity index (χ0n) is 11.8. The van der Waals surface area contributed by atoms with Crippen LogP contribution in [-0.4, -0.2) is 15.0 Å². The van der Waals surface area contributed by atoms with Crippen molar-refractivity contribution in [3.63, 3.8) is 0 Å². The number of hydrogen-bond donors (Lipinski definition) is 2. The van der Waals surface area contributed by atoms with E-state index < -0.39 is 0 Å². The number of aromatic nitrogens is 3. The van der Waals surface area contributed by atoms with Crippen LogP contribution in [0.4, 0.5) is 11.5 Å². The Kier molecular flexibility index (Phi) is 3.05. The monoisotopic (exact) mass is 286 g/mol. The summed E-state index contributed by atoms with van der Waals surface area (Å²) in [6, 6.07) is 21.9. The van der Waals surface area contributed by atoms with Gasteiger partial charge in [0, 0.05) is 17.4 Å². The molecule has 0 aliphatic heterocycles. The van der Waals surface area contributed by atoms with E-state index in [1.165, 1.54) is 0 Å². The molecule has 2 N–H and O–H groups in total. The number of benzene rings is 2. The Morgan fingerprint density at radius 1 is 0.864 bits per heavy atom. The van der Waals surface area contributed by atoms with Crippen LogP contribution < -0.4 is 5.32 Å². The molecule has 4 heteroatoms. The second kappa shape index (κ2) is 5.33. The molecule has 0 amide bonds. The van der Waals surface area contributed by atoms with Crippen LogP contribution in [0.2, 0.25) is 0 Å². The third kappa shape index (κ3) is 2.42. The quantitative estimate of drug-likeness (QED) is 0.588. The van der Waals surface area contributed by atoms with E-state index in [2.05, 4.69) is 20.3 Å². The van der Waals surface area contributed by atoms with Gasteiger partial charge in [0.05, 0.1) is 11.0 Å². The van der Waals surface area contributed by atoms with Gasteiger partial charge in [-0.25, -0.2) is 9.97 Å². The Balaban J connectivity index is 1.69. The maximum atomic E-state index is 4.62. The number of rotatable bonds is 3. The number of nitrogens with one attached hydrogen (secondary N) is 2. The zero-order valence-corrected chi connectivity index (χ0v) is 11.8. The summed E-state index contributed by atoms with van der Waals surface area (Å²) in [5.74, 6) is 1.64. The van der Waals surface area contributed by atoms with Crippen molar-refractivity contribution >= 4 is 22.5 Å². The molecule has 2 aromatic carbocycles. The molecule has 4 aromatic rings. The summed E-state index contributed by atoms with van der Waals surface area (Å²) in [6.07, 6.45) is 1.79. The van der Waals surface area contributed by atoms with E-state index in [0.717, 1.165) is 33.9 Å². The molecule has 0 unspecified atom stereocenters. The molecule has 0 saturated carbocycles. The van der Waals surface area contributed by atoms with E-state index in [1.807, 2.05) is 66.7 Å². The number of anilines is 2. The van der Waals surface area contributed by atoms with Gasteiger partial charge in [0.25, 0.3) is 0 Å². The number of H-pyrrole nitrogens is 1. The lowest BCUT2D eigenvalue weighted by Gasteiger charge is -2.06. The summed E-state index contributed by atoms with van der Waals surface area (Å²) in [4.78, 5) is 12.3. The molecule has 0 atom stereocenters. The molecule has 106 valence electrons. The van der Waals surface area contributed by atoms with Crippen LogP contribution >= 0.6 is 0 Å². The van der Waals surface area contributed by atoms with E-state index in [9.17, 15) is 0 Å². The fourth-order valence-corrected chi connectivity index (χ4v) is 2.41. The summed E-state index contributed by atoms with van der Waals surface area (Å²) >= 11 is 0. The number of nitrogens with zero attached hydrogens (tertiary/aromatic N) is 2. The van der Waals surface area contributed by atoms with Crippen molar-refractivity contribution < 1.29 is 0 Å². The molecule has 4 rings (SSSR count). The molecule has 0 radical (unpaired) electrons. The van der Waals surface area contributed by atoms with Crippen LogP contribution in [-0.2, 0) is 0 Å². The second-order valence-electron chi connectivity index (χ2n) is 5.02. The lowest BCUT2D eigenvalue weighted by Crippen LogP contribution is -1.93. The third-order valence-electron chi connectivity index (χ3n) is 3.47. The molecule has 0 fully saturated rings. The van der Waals surface area contributed by atoms with Gasteiger partial charge in [-0.15, -0.1) is 0 Å². The Morgan fingerprint density at radius 2 is 1.68 bits per heavy atom. The molecule has 0 bridgehead atoms. The van der Waals surface area contributed by atoms with Crippen molar-refractivity contribution in [3.05, 3.63) is 72.9 Å². The highest BCUT2D eigenvalue weighted by molar-refractivity contribution is 5.79. The van der Waals surface area contributed by atoms with Crippen molar-refractivity contribution in [1.29, 1.82) is 0 Å². The van der Waals surface area contributed by atoms with Crippen molar-refractivity contribution in [2.24, 2.45) is 0 Å². The maximum Gasteiger partial charge on any atom is 0.138 e. The van der Waals surface area contributed by atoms with Crippen molar-refractivity contribution in [2.45, 2.75) is 0 Å². The average molecular weight is 286 g/mol. The highest BCUT2D eigenvalue weighted by atomic mass is 15.0. The zero-order chi connectivity index (χ0) is 14.8. The molecule has 2 heterocycles. The fraction of sp³-hybridized carbons (Fsp3) is 0. The fourth-order valence-electron chi connectivity index (χ4n) is 2.41. The highest BCUT2D eigenvalue weighted by Gasteiger charge is 2.06. The van der Waals surface area contributed by atoms with E-state index >= 15 is 0 Å². The van der Waals surface area contributed by atoms with Gasteiger partial charge in [-0.2, -0.15) is 0 Å². The summed E-state index contributed by atoms with van der Waals surface area (Å²) in [7, 11) is 0. The van der Waals surface area contributed by atoms with Crippen LogP contribution in [0.15, 0.2) is 72.9 Å². The average Bonchev–Trinajstić information content (AvgIpc) is 3.00. The number of fused-ring (bicyclic) bond motifs is 1. The summed E-state index contributed by atoms with van der Waals surface area (Å²) in [5.41, 5.74) is 4.01. The molecular formula is C18H14N4. The maximum absolute atomic E-state index is 4.62. The first kappa shape index (κ1) is 12.6. The van der Waals surface area contributed by atoms with Crippen LogP contribution in [0, 0.1) is 0 Å². The van der Waals surface area contributed by atoms with Crippen molar-refractivity contribution in [3.8, 4) is 11.4 Å². The van der Waals surface area contributed by atoms with Crippen LogP contribution in [0.1, 0.15) is 0 Å². The molecule has 0 aliphatic carbocycles. The van der Waals surface area contributed by atoms with Gasteiger partial charge >= 0.3 is 0 Å². The van der Waals surface area contributed by atoms with Gasteiger partial charge in [0.1, 0.15) is 11.6 Å². The first-order valence-electron chi connectivity index (χ1n) is 7.12. The van der Waals surface area contributed by atoms with Gasteiger partial charge in [0.15, 0.2) is 0 Å². The molecule has 2 aromatic heterocycles. The SMILES string of the molecule is c1ccc(Nc2cc(-c3nc4ccccc4[nH]3)ccn2)cc1. The van der Waals surface area contributed by atoms with Gasteiger partial charge in [0.2, 0.25) is 0 Å².